The Morgan fingerprint density at radius 1 is 0.458 bits per heavy atom. The van der Waals surface area contributed by atoms with E-state index in [0.29, 0.717) is 0 Å². The van der Waals surface area contributed by atoms with Crippen LogP contribution in [-0.2, 0) is 0 Å². The highest BCUT2D eigenvalue weighted by Crippen LogP contribution is 2.06. The van der Waals surface area contributed by atoms with E-state index in [0.717, 1.165) is 39.0 Å². The molecule has 0 radical (unpaired) electrons. The van der Waals surface area contributed by atoms with E-state index < -0.39 is 0 Å². The van der Waals surface area contributed by atoms with E-state index in [1.807, 2.05) is 0 Å². The minimum absolute atomic E-state index is 0.789. The summed E-state index contributed by atoms with van der Waals surface area (Å²) in [5.41, 5.74) is 11.4. The molecule has 0 saturated carbocycles. The molecule has 0 unspecified atom stereocenters. The molecular weight excluding hydrogens is 296 g/mol. The highest BCUT2D eigenvalue weighted by atomic mass is 15.2. The van der Waals surface area contributed by atoms with Crippen LogP contribution in [0.15, 0.2) is 0 Å². The molecule has 4 N–H and O–H groups in total. The molecule has 0 aliphatic carbocycles. The zero-order valence-corrected chi connectivity index (χ0v) is 16.8. The monoisotopic (exact) mass is 342 g/mol. The summed E-state index contributed by atoms with van der Waals surface area (Å²) in [6, 6.07) is 0. The van der Waals surface area contributed by atoms with E-state index in [2.05, 4.69) is 23.6 Å². The van der Waals surface area contributed by atoms with Gasteiger partial charge in [0.2, 0.25) is 0 Å². The zero-order chi connectivity index (χ0) is 17.9. The van der Waals surface area contributed by atoms with Gasteiger partial charge in [0, 0.05) is 13.1 Å². The Balaban J connectivity index is 4.18. The maximum atomic E-state index is 5.69. The second-order valence-electron chi connectivity index (χ2n) is 7.09. The van der Waals surface area contributed by atoms with Crippen molar-refractivity contribution in [3.8, 4) is 0 Å². The van der Waals surface area contributed by atoms with Crippen LogP contribution in [-0.4, -0.2) is 62.2 Å². The Morgan fingerprint density at radius 3 is 1.17 bits per heavy atom. The average molecular weight is 343 g/mol. The third kappa shape index (κ3) is 15.4. The smallest absolute Gasteiger partial charge is 0.0109 e. The van der Waals surface area contributed by atoms with Crippen LogP contribution in [0.5, 0.6) is 0 Å². The van der Waals surface area contributed by atoms with Crippen LogP contribution in [0.2, 0.25) is 0 Å². The van der Waals surface area contributed by atoms with E-state index in [1.54, 1.807) is 0 Å². The predicted molar refractivity (Wildman–Crippen MR) is 109 cm³/mol. The maximum Gasteiger partial charge on any atom is 0.0109 e. The first-order valence-corrected chi connectivity index (χ1v) is 10.6. The standard InChI is InChI=1S/C20H46N4/c1-3-5-7-9-15-23(16-10-8-6-4-2)19-20-24(17-11-13-21)18-12-14-22/h3-22H2,1-2H3. The van der Waals surface area contributed by atoms with Crippen molar-refractivity contribution in [1.29, 1.82) is 0 Å². The summed E-state index contributed by atoms with van der Waals surface area (Å²) in [4.78, 5) is 5.26. The second-order valence-corrected chi connectivity index (χ2v) is 7.09. The third-order valence-electron chi connectivity index (χ3n) is 4.75. The van der Waals surface area contributed by atoms with E-state index in [1.165, 1.54) is 77.5 Å². The molecule has 0 aliphatic heterocycles. The Bertz CT molecular complexity index is 216. The maximum absolute atomic E-state index is 5.69. The van der Waals surface area contributed by atoms with E-state index >= 15 is 0 Å². The Labute approximate surface area is 152 Å². The van der Waals surface area contributed by atoms with Gasteiger partial charge in [-0.05, 0) is 65.0 Å². The molecule has 0 amide bonds. The molecule has 0 rings (SSSR count). The summed E-state index contributed by atoms with van der Waals surface area (Å²) in [7, 11) is 0. The van der Waals surface area contributed by atoms with Gasteiger partial charge in [0.25, 0.3) is 0 Å². The minimum atomic E-state index is 0.789. The molecule has 0 aromatic carbocycles. The van der Waals surface area contributed by atoms with Gasteiger partial charge in [-0.25, -0.2) is 0 Å². The summed E-state index contributed by atoms with van der Waals surface area (Å²) in [6.45, 7) is 13.3. The van der Waals surface area contributed by atoms with Crippen LogP contribution in [0.3, 0.4) is 0 Å². The fourth-order valence-electron chi connectivity index (χ4n) is 3.11. The third-order valence-corrected chi connectivity index (χ3v) is 4.75. The van der Waals surface area contributed by atoms with Crippen molar-refractivity contribution in [3.05, 3.63) is 0 Å². The highest BCUT2D eigenvalue weighted by Gasteiger charge is 2.09. The van der Waals surface area contributed by atoms with Gasteiger partial charge in [-0.3, -0.25) is 0 Å². The quantitative estimate of drug-likeness (QED) is 0.353. The van der Waals surface area contributed by atoms with Gasteiger partial charge in [-0.2, -0.15) is 0 Å². The highest BCUT2D eigenvalue weighted by molar-refractivity contribution is 4.65. The summed E-state index contributed by atoms with van der Waals surface area (Å²) >= 11 is 0. The first-order valence-electron chi connectivity index (χ1n) is 10.6. The average Bonchev–Trinajstić information content (AvgIpc) is 2.60. The lowest BCUT2D eigenvalue weighted by Crippen LogP contribution is -2.38. The topological polar surface area (TPSA) is 58.5 Å². The fourth-order valence-corrected chi connectivity index (χ4v) is 3.11. The molecule has 0 aromatic rings. The number of nitrogens with zero attached hydrogens (tertiary/aromatic N) is 2. The largest absolute Gasteiger partial charge is 0.330 e. The van der Waals surface area contributed by atoms with Crippen molar-refractivity contribution in [2.45, 2.75) is 78.1 Å². The molecule has 0 saturated heterocycles. The van der Waals surface area contributed by atoms with Crippen molar-refractivity contribution in [2.24, 2.45) is 11.5 Å². The van der Waals surface area contributed by atoms with Crippen molar-refractivity contribution < 1.29 is 0 Å². The molecule has 0 aliphatic rings. The fraction of sp³-hybridized carbons (Fsp3) is 1.00. The van der Waals surface area contributed by atoms with Crippen molar-refractivity contribution in [2.75, 3.05) is 52.4 Å². The SMILES string of the molecule is CCCCCCN(CCCCCC)CCN(CCCN)CCCN. The molecule has 146 valence electrons. The summed E-state index contributed by atoms with van der Waals surface area (Å²) in [5.74, 6) is 0. The van der Waals surface area contributed by atoms with E-state index in [4.69, 9.17) is 11.5 Å². The second kappa shape index (κ2) is 19.2. The van der Waals surface area contributed by atoms with Gasteiger partial charge in [0.15, 0.2) is 0 Å². The summed E-state index contributed by atoms with van der Waals surface area (Å²) in [6.07, 6.45) is 13.1. The molecule has 0 heterocycles. The number of nitrogens with two attached hydrogens (primary N) is 2. The molecule has 0 spiro atoms. The van der Waals surface area contributed by atoms with E-state index in [9.17, 15) is 0 Å². The number of rotatable bonds is 19. The Hall–Kier alpha value is -0.160. The number of hydrogen-bond donors (Lipinski definition) is 2. The van der Waals surface area contributed by atoms with Gasteiger partial charge in [0.05, 0.1) is 0 Å². The lowest BCUT2D eigenvalue weighted by atomic mass is 10.1. The van der Waals surface area contributed by atoms with E-state index in [-0.39, 0.29) is 0 Å². The molecule has 4 heteroatoms. The normalized spacial score (nSPS) is 11.8. The van der Waals surface area contributed by atoms with Gasteiger partial charge in [-0.1, -0.05) is 52.4 Å². The predicted octanol–water partition coefficient (Wildman–Crippen LogP) is 3.45. The first-order chi connectivity index (χ1) is 11.8. The lowest BCUT2D eigenvalue weighted by Gasteiger charge is -2.28. The molecule has 4 nitrogen and oxygen atoms in total. The van der Waals surface area contributed by atoms with Crippen LogP contribution in [0.4, 0.5) is 0 Å². The van der Waals surface area contributed by atoms with Crippen molar-refractivity contribution >= 4 is 0 Å². The molecule has 0 bridgehead atoms. The first kappa shape index (κ1) is 23.8. The zero-order valence-electron chi connectivity index (χ0n) is 16.8. The minimum Gasteiger partial charge on any atom is -0.330 e. The van der Waals surface area contributed by atoms with Crippen LogP contribution in [0.1, 0.15) is 78.1 Å². The molecule has 24 heavy (non-hydrogen) atoms. The molecule has 0 aromatic heterocycles. The van der Waals surface area contributed by atoms with Crippen molar-refractivity contribution in [1.82, 2.24) is 9.80 Å². The van der Waals surface area contributed by atoms with Crippen LogP contribution in [0, 0.1) is 0 Å². The summed E-state index contributed by atoms with van der Waals surface area (Å²) < 4.78 is 0. The van der Waals surface area contributed by atoms with Crippen LogP contribution < -0.4 is 11.5 Å². The van der Waals surface area contributed by atoms with Gasteiger partial charge in [-0.15, -0.1) is 0 Å². The molecule has 0 fully saturated rings. The number of unbranched alkanes of at least 4 members (excludes halogenated alkanes) is 6. The Kier molecular flexibility index (Phi) is 19.0. The van der Waals surface area contributed by atoms with Crippen LogP contribution >= 0.6 is 0 Å². The lowest BCUT2D eigenvalue weighted by molar-refractivity contribution is 0.196. The summed E-state index contributed by atoms with van der Waals surface area (Å²) in [5, 5.41) is 0. The van der Waals surface area contributed by atoms with Gasteiger partial charge < -0.3 is 21.3 Å². The number of hydrogen-bond acceptors (Lipinski definition) is 4. The molecular formula is C20H46N4. The van der Waals surface area contributed by atoms with Crippen LogP contribution in [0.25, 0.3) is 0 Å². The molecule has 0 atom stereocenters. The van der Waals surface area contributed by atoms with Gasteiger partial charge in [0.1, 0.15) is 0 Å². The Morgan fingerprint density at radius 2 is 0.833 bits per heavy atom. The van der Waals surface area contributed by atoms with Gasteiger partial charge >= 0.3 is 0 Å². The van der Waals surface area contributed by atoms with Crippen molar-refractivity contribution in [3.63, 3.8) is 0 Å².